The summed E-state index contributed by atoms with van der Waals surface area (Å²) in [5.41, 5.74) is 1.27. The Balaban J connectivity index is 1.34. The highest BCUT2D eigenvalue weighted by Gasteiger charge is 2.19. The van der Waals surface area contributed by atoms with Crippen LogP contribution in [0.2, 0.25) is 0 Å². The van der Waals surface area contributed by atoms with Crippen molar-refractivity contribution < 1.29 is 18.7 Å². The van der Waals surface area contributed by atoms with Crippen molar-refractivity contribution in [2.75, 3.05) is 56.2 Å². The first-order chi connectivity index (χ1) is 14.2. The summed E-state index contributed by atoms with van der Waals surface area (Å²) in [6, 6.07) is 14.2. The molecule has 0 aliphatic carbocycles. The van der Waals surface area contributed by atoms with Crippen LogP contribution in [0.15, 0.2) is 48.5 Å². The first-order valence-electron chi connectivity index (χ1n) is 10.0. The summed E-state index contributed by atoms with van der Waals surface area (Å²) in [5.74, 6) is 0.450. The zero-order chi connectivity index (χ0) is 20.5. The normalized spacial score (nSPS) is 14.5. The number of para-hydroxylation sites is 3. The molecule has 7 heteroatoms. The first kappa shape index (κ1) is 20.9. The van der Waals surface area contributed by atoms with Crippen molar-refractivity contribution in [3.8, 4) is 5.75 Å². The summed E-state index contributed by atoms with van der Waals surface area (Å²) in [5, 5.41) is 2.72. The topological polar surface area (TPSA) is 54.0 Å². The molecule has 2 aromatic carbocycles. The molecule has 1 aliphatic rings. The van der Waals surface area contributed by atoms with E-state index >= 15 is 0 Å². The van der Waals surface area contributed by atoms with Crippen LogP contribution in [-0.4, -0.2) is 56.9 Å². The minimum atomic E-state index is -0.485. The van der Waals surface area contributed by atoms with Crippen LogP contribution < -0.4 is 15.0 Å². The molecule has 2 aromatic rings. The van der Waals surface area contributed by atoms with Crippen LogP contribution in [0.4, 0.5) is 20.6 Å². The fourth-order valence-electron chi connectivity index (χ4n) is 3.37. The number of carbonyl (C=O) groups excluding carboxylic acids is 1. The van der Waals surface area contributed by atoms with Crippen molar-refractivity contribution in [3.63, 3.8) is 0 Å². The van der Waals surface area contributed by atoms with Gasteiger partial charge in [0.15, 0.2) is 0 Å². The highest BCUT2D eigenvalue weighted by molar-refractivity contribution is 5.86. The number of carbonyl (C=O) groups is 1. The fourth-order valence-corrected chi connectivity index (χ4v) is 3.37. The van der Waals surface area contributed by atoms with E-state index in [4.69, 9.17) is 9.47 Å². The van der Waals surface area contributed by atoms with Gasteiger partial charge in [-0.15, -0.1) is 0 Å². The third kappa shape index (κ3) is 6.09. The Kier molecular flexibility index (Phi) is 7.69. The molecule has 1 aliphatic heterocycles. The van der Waals surface area contributed by atoms with Gasteiger partial charge in [-0.1, -0.05) is 24.3 Å². The number of halogens is 1. The van der Waals surface area contributed by atoms with E-state index in [1.54, 1.807) is 18.2 Å². The Morgan fingerprint density at radius 2 is 1.79 bits per heavy atom. The third-order valence-corrected chi connectivity index (χ3v) is 4.84. The van der Waals surface area contributed by atoms with Crippen LogP contribution >= 0.6 is 0 Å². The molecule has 1 saturated heterocycles. The van der Waals surface area contributed by atoms with Gasteiger partial charge in [-0.05, 0) is 37.6 Å². The predicted octanol–water partition coefficient (Wildman–Crippen LogP) is 3.99. The van der Waals surface area contributed by atoms with Crippen LogP contribution in [0.3, 0.4) is 0 Å². The molecule has 0 radical (unpaired) electrons. The molecule has 1 heterocycles. The summed E-state index contributed by atoms with van der Waals surface area (Å²) in [7, 11) is 0. The van der Waals surface area contributed by atoms with Crippen molar-refractivity contribution in [2.24, 2.45) is 0 Å². The zero-order valence-electron chi connectivity index (χ0n) is 16.8. The van der Waals surface area contributed by atoms with Gasteiger partial charge in [-0.2, -0.15) is 0 Å². The Morgan fingerprint density at radius 3 is 2.55 bits per heavy atom. The van der Waals surface area contributed by atoms with Gasteiger partial charge in [0.1, 0.15) is 11.6 Å². The Hall–Kier alpha value is -2.80. The summed E-state index contributed by atoms with van der Waals surface area (Å²) in [6.07, 6.45) is 0.266. The molecule has 6 nitrogen and oxygen atoms in total. The molecule has 1 amide bonds. The molecule has 3 rings (SSSR count). The zero-order valence-corrected chi connectivity index (χ0v) is 16.8. The van der Waals surface area contributed by atoms with E-state index in [1.807, 2.05) is 31.2 Å². The second-order valence-electron chi connectivity index (χ2n) is 6.82. The highest BCUT2D eigenvalue weighted by atomic mass is 19.1. The van der Waals surface area contributed by atoms with Gasteiger partial charge in [0.2, 0.25) is 0 Å². The maximum absolute atomic E-state index is 13.9. The summed E-state index contributed by atoms with van der Waals surface area (Å²) in [4.78, 5) is 16.4. The Labute approximate surface area is 171 Å². The van der Waals surface area contributed by atoms with Crippen LogP contribution in [0.5, 0.6) is 5.75 Å². The molecule has 0 aromatic heterocycles. The van der Waals surface area contributed by atoms with Crippen molar-refractivity contribution in [2.45, 2.75) is 13.3 Å². The summed E-state index contributed by atoms with van der Waals surface area (Å²) >= 11 is 0. The fraction of sp³-hybridized carbons (Fsp3) is 0.409. The van der Waals surface area contributed by atoms with Crippen LogP contribution in [0.25, 0.3) is 0 Å². The smallest absolute Gasteiger partial charge is 0.411 e. The number of anilines is 2. The SMILES string of the molecule is CCOc1ccccc1NC(=O)OCCCN1CCN(c2ccccc2F)CC1. The average molecular weight is 401 g/mol. The number of piperazine rings is 1. The van der Waals surface area contributed by atoms with E-state index in [-0.39, 0.29) is 5.82 Å². The summed E-state index contributed by atoms with van der Waals surface area (Å²) in [6.45, 7) is 6.91. The Bertz CT molecular complexity index is 794. The lowest BCUT2D eigenvalue weighted by Gasteiger charge is -2.36. The molecule has 29 heavy (non-hydrogen) atoms. The molecular formula is C22H28FN3O3. The number of ether oxygens (including phenoxy) is 2. The standard InChI is InChI=1S/C22H28FN3O3/c1-2-28-21-11-6-4-9-19(21)24-22(27)29-17-7-12-25-13-15-26(16-14-25)20-10-5-3-8-18(20)23/h3-6,8-11H,2,7,12-17H2,1H3,(H,24,27). The molecular weight excluding hydrogens is 373 g/mol. The van der Waals surface area contributed by atoms with E-state index < -0.39 is 6.09 Å². The number of nitrogens with zero attached hydrogens (tertiary/aromatic N) is 2. The number of amides is 1. The van der Waals surface area contributed by atoms with E-state index in [9.17, 15) is 9.18 Å². The molecule has 0 unspecified atom stereocenters. The van der Waals surface area contributed by atoms with Gasteiger partial charge < -0.3 is 14.4 Å². The molecule has 156 valence electrons. The average Bonchev–Trinajstić information content (AvgIpc) is 2.74. The van der Waals surface area contributed by atoms with Crippen LogP contribution in [0.1, 0.15) is 13.3 Å². The molecule has 1 N–H and O–H groups in total. The van der Waals surface area contributed by atoms with E-state index in [1.165, 1.54) is 6.07 Å². The second-order valence-corrected chi connectivity index (χ2v) is 6.82. The van der Waals surface area contributed by atoms with Gasteiger partial charge in [0, 0.05) is 32.7 Å². The number of hydrogen-bond acceptors (Lipinski definition) is 5. The molecule has 0 saturated carbocycles. The van der Waals surface area contributed by atoms with E-state index in [2.05, 4.69) is 15.1 Å². The quantitative estimate of drug-likeness (QED) is 0.678. The molecule has 1 fully saturated rings. The number of benzene rings is 2. The number of nitrogens with one attached hydrogen (secondary N) is 1. The largest absolute Gasteiger partial charge is 0.492 e. The van der Waals surface area contributed by atoms with E-state index in [0.29, 0.717) is 30.3 Å². The molecule has 0 atom stereocenters. The Morgan fingerprint density at radius 1 is 1.07 bits per heavy atom. The van der Waals surface area contributed by atoms with Crippen LogP contribution in [0, 0.1) is 5.82 Å². The van der Waals surface area contributed by atoms with Crippen molar-refractivity contribution >= 4 is 17.5 Å². The van der Waals surface area contributed by atoms with Crippen molar-refractivity contribution in [1.29, 1.82) is 0 Å². The number of hydrogen-bond donors (Lipinski definition) is 1. The van der Waals surface area contributed by atoms with Gasteiger partial charge in [-0.3, -0.25) is 10.2 Å². The van der Waals surface area contributed by atoms with Crippen molar-refractivity contribution in [1.82, 2.24) is 4.90 Å². The highest BCUT2D eigenvalue weighted by Crippen LogP contribution is 2.24. The predicted molar refractivity (Wildman–Crippen MR) is 112 cm³/mol. The second kappa shape index (κ2) is 10.7. The van der Waals surface area contributed by atoms with Gasteiger partial charge in [-0.25, -0.2) is 9.18 Å². The maximum Gasteiger partial charge on any atom is 0.411 e. The maximum atomic E-state index is 13.9. The van der Waals surface area contributed by atoms with Crippen molar-refractivity contribution in [3.05, 3.63) is 54.3 Å². The lowest BCUT2D eigenvalue weighted by molar-refractivity contribution is 0.150. The van der Waals surface area contributed by atoms with Crippen LogP contribution in [-0.2, 0) is 4.74 Å². The first-order valence-corrected chi connectivity index (χ1v) is 10.0. The monoisotopic (exact) mass is 401 g/mol. The van der Waals surface area contributed by atoms with Gasteiger partial charge >= 0.3 is 6.09 Å². The van der Waals surface area contributed by atoms with Gasteiger partial charge in [0.05, 0.1) is 24.6 Å². The lowest BCUT2D eigenvalue weighted by Crippen LogP contribution is -2.47. The van der Waals surface area contributed by atoms with E-state index in [0.717, 1.165) is 39.1 Å². The minimum Gasteiger partial charge on any atom is -0.492 e. The lowest BCUT2D eigenvalue weighted by atomic mass is 10.2. The number of rotatable bonds is 8. The third-order valence-electron chi connectivity index (χ3n) is 4.84. The molecule has 0 bridgehead atoms. The molecule has 0 spiro atoms. The minimum absolute atomic E-state index is 0.175. The van der Waals surface area contributed by atoms with Gasteiger partial charge in [0.25, 0.3) is 0 Å². The summed E-state index contributed by atoms with van der Waals surface area (Å²) < 4.78 is 24.7.